The van der Waals surface area contributed by atoms with Gasteiger partial charge in [-0.15, -0.1) is 0 Å². The van der Waals surface area contributed by atoms with Gasteiger partial charge in [0, 0.05) is 5.02 Å². The monoisotopic (exact) mass is 154 g/mol. The van der Waals surface area contributed by atoms with Crippen molar-refractivity contribution in [3.63, 3.8) is 0 Å². The van der Waals surface area contributed by atoms with Crippen LogP contribution in [-0.2, 0) is 6.42 Å². The highest BCUT2D eigenvalue weighted by Crippen LogP contribution is 2.19. The zero-order valence-corrected chi connectivity index (χ0v) is 7.07. The van der Waals surface area contributed by atoms with Crippen molar-refractivity contribution in [2.75, 3.05) is 0 Å². The van der Waals surface area contributed by atoms with Crippen molar-refractivity contribution in [1.29, 1.82) is 0 Å². The topological polar surface area (TPSA) is 0 Å². The highest BCUT2D eigenvalue weighted by Gasteiger charge is 1.98. The third-order valence-electron chi connectivity index (χ3n) is 1.65. The number of aryl methyl sites for hydroxylation is 2. The van der Waals surface area contributed by atoms with Crippen LogP contribution in [0.5, 0.6) is 0 Å². The summed E-state index contributed by atoms with van der Waals surface area (Å²) < 4.78 is 0. The molecular weight excluding hydrogens is 144 g/mol. The largest absolute Gasteiger partial charge is 0.0838 e. The molecule has 0 nitrogen and oxygen atoms in total. The summed E-state index contributed by atoms with van der Waals surface area (Å²) in [6.45, 7) is 4.14. The second kappa shape index (κ2) is 3.07. The molecule has 1 aromatic carbocycles. The van der Waals surface area contributed by atoms with Crippen LogP contribution in [0, 0.1) is 6.92 Å². The molecular formula is C9H11Cl. The summed E-state index contributed by atoms with van der Waals surface area (Å²) in [5, 5.41) is 0.921. The zero-order chi connectivity index (χ0) is 7.56. The number of hydrogen-bond donors (Lipinski definition) is 0. The molecule has 0 aromatic heterocycles. The van der Waals surface area contributed by atoms with E-state index in [1.165, 1.54) is 11.1 Å². The molecule has 0 N–H and O–H groups in total. The number of hydrogen-bond acceptors (Lipinski definition) is 0. The van der Waals surface area contributed by atoms with Gasteiger partial charge in [0.05, 0.1) is 0 Å². The van der Waals surface area contributed by atoms with Crippen molar-refractivity contribution in [3.8, 4) is 0 Å². The lowest BCUT2D eigenvalue weighted by atomic mass is 10.1. The third kappa shape index (κ3) is 1.32. The van der Waals surface area contributed by atoms with Gasteiger partial charge in [0.2, 0.25) is 0 Å². The van der Waals surface area contributed by atoms with Gasteiger partial charge in [0.15, 0.2) is 0 Å². The molecule has 1 aromatic rings. The van der Waals surface area contributed by atoms with Gasteiger partial charge in [-0.05, 0) is 24.5 Å². The zero-order valence-electron chi connectivity index (χ0n) is 6.32. The molecule has 1 heteroatoms. The summed E-state index contributed by atoms with van der Waals surface area (Å²) in [6.07, 6.45) is 1.01. The number of halogens is 1. The lowest BCUT2D eigenvalue weighted by Gasteiger charge is -2.01. The van der Waals surface area contributed by atoms with Crippen LogP contribution >= 0.6 is 11.6 Å². The molecule has 1 rings (SSSR count). The highest BCUT2D eigenvalue weighted by atomic mass is 35.5. The first kappa shape index (κ1) is 7.62. The fourth-order valence-corrected chi connectivity index (χ4v) is 1.24. The molecule has 0 aliphatic rings. The predicted molar refractivity (Wildman–Crippen MR) is 45.6 cm³/mol. The Hall–Kier alpha value is -0.490. The first-order valence-corrected chi connectivity index (χ1v) is 3.87. The fraction of sp³-hybridized carbons (Fsp3) is 0.333. The van der Waals surface area contributed by atoms with Crippen LogP contribution in [-0.4, -0.2) is 0 Å². The van der Waals surface area contributed by atoms with Crippen LogP contribution in [0.1, 0.15) is 18.1 Å². The molecule has 0 aliphatic carbocycles. The molecule has 54 valence electrons. The Balaban J connectivity index is 3.14. The molecule has 0 spiro atoms. The normalized spacial score (nSPS) is 9.90. The van der Waals surface area contributed by atoms with Crippen molar-refractivity contribution >= 4 is 11.6 Å². The van der Waals surface area contributed by atoms with Gasteiger partial charge >= 0.3 is 0 Å². The Labute approximate surface area is 66.8 Å². The molecule has 0 aliphatic heterocycles. The van der Waals surface area contributed by atoms with Gasteiger partial charge in [-0.3, -0.25) is 0 Å². The molecule has 0 fully saturated rings. The van der Waals surface area contributed by atoms with Crippen LogP contribution in [0.3, 0.4) is 0 Å². The molecule has 0 heterocycles. The maximum Gasteiger partial charge on any atom is 0.0467 e. The van der Waals surface area contributed by atoms with E-state index >= 15 is 0 Å². The first-order chi connectivity index (χ1) is 4.75. The minimum Gasteiger partial charge on any atom is -0.0838 e. The van der Waals surface area contributed by atoms with E-state index in [2.05, 4.69) is 13.0 Å². The summed E-state index contributed by atoms with van der Waals surface area (Å²) in [7, 11) is 0. The van der Waals surface area contributed by atoms with Gasteiger partial charge in [-0.2, -0.15) is 0 Å². The van der Waals surface area contributed by atoms with Crippen molar-refractivity contribution in [3.05, 3.63) is 34.3 Å². The third-order valence-corrected chi connectivity index (χ3v) is 2.19. The van der Waals surface area contributed by atoms with Crippen LogP contribution in [0.15, 0.2) is 18.2 Å². The highest BCUT2D eigenvalue weighted by molar-refractivity contribution is 6.32. The maximum atomic E-state index is 5.99. The van der Waals surface area contributed by atoms with Gasteiger partial charge < -0.3 is 0 Å². The van der Waals surface area contributed by atoms with E-state index in [9.17, 15) is 0 Å². The Morgan fingerprint density at radius 2 is 2.10 bits per heavy atom. The van der Waals surface area contributed by atoms with Crippen molar-refractivity contribution in [1.82, 2.24) is 0 Å². The van der Waals surface area contributed by atoms with Crippen LogP contribution < -0.4 is 0 Å². The molecule has 0 bridgehead atoms. The lowest BCUT2D eigenvalue weighted by molar-refractivity contribution is 1.13. The van der Waals surface area contributed by atoms with E-state index in [1.54, 1.807) is 0 Å². The SMILES string of the molecule is CCc1cccc(C)c1Cl. The minimum absolute atomic E-state index is 0.921. The molecule has 0 saturated carbocycles. The van der Waals surface area contributed by atoms with E-state index in [0.717, 1.165) is 11.4 Å². The summed E-state index contributed by atoms with van der Waals surface area (Å²) >= 11 is 5.99. The smallest absolute Gasteiger partial charge is 0.0467 e. The molecule has 0 radical (unpaired) electrons. The summed E-state index contributed by atoms with van der Waals surface area (Å²) in [5.41, 5.74) is 2.41. The van der Waals surface area contributed by atoms with E-state index in [1.807, 2.05) is 19.1 Å². The fourth-order valence-electron chi connectivity index (χ4n) is 0.981. The maximum absolute atomic E-state index is 5.99. The molecule has 0 atom stereocenters. The molecule has 10 heavy (non-hydrogen) atoms. The van der Waals surface area contributed by atoms with Gasteiger partial charge in [0.25, 0.3) is 0 Å². The second-order valence-electron chi connectivity index (χ2n) is 2.40. The Kier molecular flexibility index (Phi) is 2.34. The summed E-state index contributed by atoms with van der Waals surface area (Å²) in [4.78, 5) is 0. The molecule has 0 unspecified atom stereocenters. The quantitative estimate of drug-likeness (QED) is 0.583. The van der Waals surface area contributed by atoms with Crippen molar-refractivity contribution < 1.29 is 0 Å². The van der Waals surface area contributed by atoms with Crippen LogP contribution in [0.25, 0.3) is 0 Å². The van der Waals surface area contributed by atoms with E-state index in [4.69, 9.17) is 11.6 Å². The Bertz CT molecular complexity index is 228. The number of benzene rings is 1. The van der Waals surface area contributed by atoms with Crippen LogP contribution in [0.4, 0.5) is 0 Å². The lowest BCUT2D eigenvalue weighted by Crippen LogP contribution is -1.83. The van der Waals surface area contributed by atoms with Gasteiger partial charge in [-0.25, -0.2) is 0 Å². The first-order valence-electron chi connectivity index (χ1n) is 3.49. The van der Waals surface area contributed by atoms with Crippen LogP contribution in [0.2, 0.25) is 5.02 Å². The number of rotatable bonds is 1. The average molecular weight is 155 g/mol. The van der Waals surface area contributed by atoms with E-state index in [0.29, 0.717) is 0 Å². The Morgan fingerprint density at radius 3 is 2.60 bits per heavy atom. The summed E-state index contributed by atoms with van der Waals surface area (Å²) in [5.74, 6) is 0. The van der Waals surface area contributed by atoms with Gasteiger partial charge in [-0.1, -0.05) is 36.7 Å². The van der Waals surface area contributed by atoms with Crippen molar-refractivity contribution in [2.45, 2.75) is 20.3 Å². The second-order valence-corrected chi connectivity index (χ2v) is 2.78. The standard InChI is InChI=1S/C9H11Cl/c1-3-8-6-4-5-7(2)9(8)10/h4-6H,3H2,1-2H3. The van der Waals surface area contributed by atoms with E-state index < -0.39 is 0 Å². The molecule has 0 amide bonds. The summed E-state index contributed by atoms with van der Waals surface area (Å²) in [6, 6.07) is 6.14. The molecule has 0 saturated heterocycles. The van der Waals surface area contributed by atoms with E-state index in [-0.39, 0.29) is 0 Å². The average Bonchev–Trinajstić information content (AvgIpc) is 1.95. The Morgan fingerprint density at radius 1 is 1.40 bits per heavy atom. The van der Waals surface area contributed by atoms with Gasteiger partial charge in [0.1, 0.15) is 0 Å². The van der Waals surface area contributed by atoms with Crippen molar-refractivity contribution in [2.24, 2.45) is 0 Å². The minimum atomic E-state index is 0.921. The predicted octanol–water partition coefficient (Wildman–Crippen LogP) is 3.21.